The maximum atomic E-state index is 6.14. The Morgan fingerprint density at radius 1 is 1.09 bits per heavy atom. The molecule has 2 aromatic rings. The van der Waals surface area contributed by atoms with Crippen molar-refractivity contribution in [1.29, 1.82) is 0 Å². The standard InChI is InChI=1S/C19H24ClNO.ClH/c1-15(2)10-11-21-13-16-6-5-8-18(12-16)22-14-17-7-3-4-9-19(17)20;/h3-9,12,15,21H,10-11,13-14H2,1-2H3;1H. The molecule has 23 heavy (non-hydrogen) atoms. The van der Waals surface area contributed by atoms with E-state index in [1.807, 2.05) is 36.4 Å². The quantitative estimate of drug-likeness (QED) is 0.634. The zero-order chi connectivity index (χ0) is 15.8. The fraction of sp³-hybridized carbons (Fsp3) is 0.368. The average molecular weight is 354 g/mol. The Bertz CT molecular complexity index is 587. The molecule has 0 atom stereocenters. The van der Waals surface area contributed by atoms with Gasteiger partial charge in [-0.05, 0) is 42.6 Å². The zero-order valence-electron chi connectivity index (χ0n) is 13.7. The fourth-order valence-corrected chi connectivity index (χ4v) is 2.34. The molecule has 0 heterocycles. The second-order valence-corrected chi connectivity index (χ2v) is 6.29. The van der Waals surface area contributed by atoms with Gasteiger partial charge in [0.05, 0.1) is 0 Å². The highest BCUT2D eigenvalue weighted by atomic mass is 35.5. The summed E-state index contributed by atoms with van der Waals surface area (Å²) in [7, 11) is 0. The van der Waals surface area contributed by atoms with Gasteiger partial charge in [0, 0.05) is 17.1 Å². The molecule has 0 aliphatic carbocycles. The average Bonchev–Trinajstić information content (AvgIpc) is 2.51. The van der Waals surface area contributed by atoms with Crippen molar-refractivity contribution in [3.63, 3.8) is 0 Å². The summed E-state index contributed by atoms with van der Waals surface area (Å²) in [6, 6.07) is 16.0. The maximum Gasteiger partial charge on any atom is 0.120 e. The number of halogens is 2. The number of hydrogen-bond donors (Lipinski definition) is 1. The second-order valence-electron chi connectivity index (χ2n) is 5.89. The van der Waals surface area contributed by atoms with Crippen molar-refractivity contribution < 1.29 is 4.74 Å². The van der Waals surface area contributed by atoms with Crippen LogP contribution in [-0.2, 0) is 13.2 Å². The molecule has 2 aromatic carbocycles. The van der Waals surface area contributed by atoms with Crippen LogP contribution in [0.25, 0.3) is 0 Å². The van der Waals surface area contributed by atoms with Crippen LogP contribution in [0.5, 0.6) is 5.75 Å². The highest BCUT2D eigenvalue weighted by Crippen LogP contribution is 2.19. The Morgan fingerprint density at radius 2 is 1.87 bits per heavy atom. The normalized spacial score (nSPS) is 10.4. The SMILES string of the molecule is CC(C)CCNCc1cccc(OCc2ccccc2Cl)c1.Cl. The Kier molecular flexibility index (Phi) is 9.08. The van der Waals surface area contributed by atoms with Crippen molar-refractivity contribution in [3.05, 3.63) is 64.7 Å². The van der Waals surface area contributed by atoms with Gasteiger partial charge in [0.1, 0.15) is 12.4 Å². The highest BCUT2D eigenvalue weighted by Gasteiger charge is 2.02. The first-order valence-corrected chi connectivity index (χ1v) is 8.19. The summed E-state index contributed by atoms with van der Waals surface area (Å²) in [6.07, 6.45) is 1.20. The summed E-state index contributed by atoms with van der Waals surface area (Å²) in [4.78, 5) is 0. The van der Waals surface area contributed by atoms with Gasteiger partial charge in [-0.25, -0.2) is 0 Å². The third kappa shape index (κ3) is 7.26. The first kappa shape index (κ1) is 19.8. The van der Waals surface area contributed by atoms with E-state index in [-0.39, 0.29) is 12.4 Å². The van der Waals surface area contributed by atoms with Crippen molar-refractivity contribution in [2.75, 3.05) is 6.54 Å². The third-order valence-corrected chi connectivity index (χ3v) is 3.85. The monoisotopic (exact) mass is 353 g/mol. The Morgan fingerprint density at radius 3 is 2.61 bits per heavy atom. The van der Waals surface area contributed by atoms with Gasteiger partial charge in [-0.1, -0.05) is 55.8 Å². The molecule has 0 radical (unpaired) electrons. The van der Waals surface area contributed by atoms with E-state index < -0.39 is 0 Å². The summed E-state index contributed by atoms with van der Waals surface area (Å²) in [5, 5.41) is 4.21. The van der Waals surface area contributed by atoms with E-state index in [9.17, 15) is 0 Å². The number of nitrogens with one attached hydrogen (secondary N) is 1. The van der Waals surface area contributed by atoms with E-state index in [1.165, 1.54) is 12.0 Å². The second kappa shape index (κ2) is 10.5. The molecule has 0 saturated carbocycles. The van der Waals surface area contributed by atoms with Gasteiger partial charge in [0.2, 0.25) is 0 Å². The number of benzene rings is 2. The van der Waals surface area contributed by atoms with Crippen LogP contribution in [0, 0.1) is 5.92 Å². The van der Waals surface area contributed by atoms with Gasteiger partial charge >= 0.3 is 0 Å². The predicted octanol–water partition coefficient (Wildman–Crippen LogP) is 5.48. The molecule has 0 aliphatic heterocycles. The lowest BCUT2D eigenvalue weighted by molar-refractivity contribution is 0.306. The Labute approximate surface area is 150 Å². The number of hydrogen-bond acceptors (Lipinski definition) is 2. The molecule has 0 unspecified atom stereocenters. The molecule has 0 bridgehead atoms. The van der Waals surface area contributed by atoms with Gasteiger partial charge < -0.3 is 10.1 Å². The Balaban J connectivity index is 0.00000264. The van der Waals surface area contributed by atoms with E-state index in [2.05, 4.69) is 31.3 Å². The van der Waals surface area contributed by atoms with Crippen LogP contribution in [0.15, 0.2) is 48.5 Å². The van der Waals surface area contributed by atoms with Crippen molar-refractivity contribution in [2.45, 2.75) is 33.4 Å². The molecule has 2 rings (SSSR count). The van der Waals surface area contributed by atoms with Crippen molar-refractivity contribution in [1.82, 2.24) is 5.32 Å². The number of ether oxygens (including phenoxy) is 1. The smallest absolute Gasteiger partial charge is 0.120 e. The van der Waals surface area contributed by atoms with E-state index in [0.717, 1.165) is 35.3 Å². The maximum absolute atomic E-state index is 6.14. The van der Waals surface area contributed by atoms with Gasteiger partial charge in [0.25, 0.3) is 0 Å². The minimum atomic E-state index is 0. The van der Waals surface area contributed by atoms with Crippen LogP contribution in [0.4, 0.5) is 0 Å². The number of rotatable bonds is 8. The van der Waals surface area contributed by atoms with Crippen LogP contribution >= 0.6 is 24.0 Å². The third-order valence-electron chi connectivity index (χ3n) is 3.48. The van der Waals surface area contributed by atoms with Crippen LogP contribution in [0.1, 0.15) is 31.4 Å². The van der Waals surface area contributed by atoms with Crippen molar-refractivity contribution in [2.24, 2.45) is 5.92 Å². The van der Waals surface area contributed by atoms with Crippen molar-refractivity contribution in [3.8, 4) is 5.75 Å². The molecule has 4 heteroatoms. The fourth-order valence-electron chi connectivity index (χ4n) is 2.15. The van der Waals surface area contributed by atoms with Crippen LogP contribution in [-0.4, -0.2) is 6.54 Å². The molecular formula is C19H25Cl2NO. The summed E-state index contributed by atoms with van der Waals surface area (Å²) in [5.74, 6) is 1.61. The van der Waals surface area contributed by atoms with Gasteiger partial charge in [0.15, 0.2) is 0 Å². The summed E-state index contributed by atoms with van der Waals surface area (Å²) in [5.41, 5.74) is 2.24. The molecular weight excluding hydrogens is 329 g/mol. The molecule has 0 fully saturated rings. The lowest BCUT2D eigenvalue weighted by Gasteiger charge is -2.10. The summed E-state index contributed by atoms with van der Waals surface area (Å²) < 4.78 is 5.85. The zero-order valence-corrected chi connectivity index (χ0v) is 15.3. The topological polar surface area (TPSA) is 21.3 Å². The van der Waals surface area contributed by atoms with Gasteiger partial charge in [-0.3, -0.25) is 0 Å². The van der Waals surface area contributed by atoms with E-state index in [4.69, 9.17) is 16.3 Å². The first-order valence-electron chi connectivity index (χ1n) is 7.81. The van der Waals surface area contributed by atoms with Gasteiger partial charge in [-0.2, -0.15) is 0 Å². The molecule has 0 spiro atoms. The molecule has 0 aliphatic rings. The van der Waals surface area contributed by atoms with Crippen molar-refractivity contribution >= 4 is 24.0 Å². The summed E-state index contributed by atoms with van der Waals surface area (Å²) in [6.45, 7) is 6.89. The molecule has 0 aromatic heterocycles. The van der Waals surface area contributed by atoms with E-state index in [0.29, 0.717) is 6.61 Å². The lowest BCUT2D eigenvalue weighted by atomic mass is 10.1. The largest absolute Gasteiger partial charge is 0.489 e. The van der Waals surface area contributed by atoms with Crippen LogP contribution in [0.3, 0.4) is 0 Å². The highest BCUT2D eigenvalue weighted by molar-refractivity contribution is 6.31. The minimum absolute atomic E-state index is 0. The van der Waals surface area contributed by atoms with Crippen LogP contribution in [0.2, 0.25) is 5.02 Å². The van der Waals surface area contributed by atoms with E-state index in [1.54, 1.807) is 0 Å². The van der Waals surface area contributed by atoms with E-state index >= 15 is 0 Å². The lowest BCUT2D eigenvalue weighted by Crippen LogP contribution is -2.16. The predicted molar refractivity (Wildman–Crippen MR) is 101 cm³/mol. The molecule has 1 N–H and O–H groups in total. The Hall–Kier alpha value is -1.22. The molecule has 126 valence electrons. The molecule has 2 nitrogen and oxygen atoms in total. The first-order chi connectivity index (χ1) is 10.6. The molecule has 0 saturated heterocycles. The summed E-state index contributed by atoms with van der Waals surface area (Å²) >= 11 is 6.14. The van der Waals surface area contributed by atoms with Crippen LogP contribution < -0.4 is 10.1 Å². The minimum Gasteiger partial charge on any atom is -0.489 e. The van der Waals surface area contributed by atoms with Gasteiger partial charge in [-0.15, -0.1) is 12.4 Å². The molecule has 0 amide bonds.